The predicted octanol–water partition coefficient (Wildman–Crippen LogP) is 2.50. The molecule has 11 heteroatoms. The number of aromatic nitrogens is 2. The second-order valence-electron chi connectivity index (χ2n) is 6.11. The Labute approximate surface area is 240 Å². The summed E-state index contributed by atoms with van der Waals surface area (Å²) in [5.41, 5.74) is 1.38. The molecule has 2 aromatic heterocycles. The van der Waals surface area contributed by atoms with Crippen LogP contribution in [-0.4, -0.2) is 46.8 Å². The van der Waals surface area contributed by atoms with E-state index in [0.29, 0.717) is 0 Å². The molecule has 1 fully saturated rings. The van der Waals surface area contributed by atoms with E-state index in [0.717, 1.165) is 43.6 Å². The van der Waals surface area contributed by atoms with E-state index in [1.807, 2.05) is 12.1 Å². The summed E-state index contributed by atoms with van der Waals surface area (Å²) in [5, 5.41) is 2.10. The summed E-state index contributed by atoms with van der Waals surface area (Å²) in [7, 11) is 2.79. The van der Waals surface area contributed by atoms with Gasteiger partial charge in [0.25, 0.3) is 0 Å². The normalized spacial score (nSPS) is 12.6. The molecule has 3 rings (SSSR count). The minimum atomic E-state index is -0.411. The SMILES string of the molecule is BrCCBr.COC(=O)C1(c2cncc(Br)c2)CC1.COC(=O)Cc1cncc(Br)c1.[H-].[Na+]. The number of nitrogens with zero attached hydrogens (tertiary/aromatic N) is 2. The monoisotopic (exact) mass is 694 g/mol. The minimum absolute atomic E-state index is 0. The molecular weight excluding hydrogens is 675 g/mol. The summed E-state index contributed by atoms with van der Waals surface area (Å²) in [6.45, 7) is 0. The van der Waals surface area contributed by atoms with E-state index in [-0.39, 0.29) is 49.3 Å². The van der Waals surface area contributed by atoms with Crippen molar-refractivity contribution >= 4 is 75.7 Å². The van der Waals surface area contributed by atoms with Crippen LogP contribution >= 0.6 is 63.7 Å². The standard InChI is InChI=1S/C10H10BrNO2.C8H8BrNO2.C2H4Br2.Na.H/c1-14-9(13)10(2-3-10)7-4-8(11)6-12-5-7;1-12-8(11)3-6-2-7(9)5-10-4-6;3-1-2-4;;/h4-6H,2-3H2,1H3;2,4-5H,3H2,1H3;1-2H2;;/q;;;+1;-1. The van der Waals surface area contributed by atoms with Crippen molar-refractivity contribution in [1.29, 1.82) is 0 Å². The summed E-state index contributed by atoms with van der Waals surface area (Å²) in [4.78, 5) is 30.3. The van der Waals surface area contributed by atoms with E-state index in [2.05, 4.69) is 78.4 Å². The minimum Gasteiger partial charge on any atom is -1.00 e. The van der Waals surface area contributed by atoms with Crippen LogP contribution in [0.15, 0.2) is 45.9 Å². The first-order valence-electron chi connectivity index (χ1n) is 8.80. The van der Waals surface area contributed by atoms with Gasteiger partial charge in [-0.25, -0.2) is 0 Å². The number of rotatable bonds is 5. The van der Waals surface area contributed by atoms with Crippen molar-refractivity contribution < 1.29 is 50.0 Å². The molecule has 0 spiro atoms. The first kappa shape index (κ1) is 31.2. The Morgan fingerprint density at radius 2 is 1.52 bits per heavy atom. The number of ether oxygens (including phenoxy) is 2. The third-order valence-electron chi connectivity index (χ3n) is 3.99. The summed E-state index contributed by atoms with van der Waals surface area (Å²) < 4.78 is 11.1. The van der Waals surface area contributed by atoms with E-state index < -0.39 is 5.41 Å². The van der Waals surface area contributed by atoms with Gasteiger partial charge in [-0.1, -0.05) is 31.9 Å². The van der Waals surface area contributed by atoms with Gasteiger partial charge in [-0.2, -0.15) is 0 Å². The summed E-state index contributed by atoms with van der Waals surface area (Å²) >= 11 is 13.0. The zero-order valence-corrected chi connectivity index (χ0v) is 25.9. The maximum Gasteiger partial charge on any atom is 1.00 e. The second-order valence-corrected chi connectivity index (χ2v) is 9.53. The average molecular weight is 698 g/mol. The fraction of sp³-hybridized carbons (Fsp3) is 0.400. The van der Waals surface area contributed by atoms with E-state index in [1.54, 1.807) is 24.8 Å². The van der Waals surface area contributed by atoms with E-state index in [1.165, 1.54) is 14.2 Å². The maximum absolute atomic E-state index is 11.5. The Hall–Kier alpha value is 0.160. The quantitative estimate of drug-likeness (QED) is 0.272. The number of carbonyl (C=O) groups is 2. The molecule has 0 amide bonds. The third-order valence-corrected chi connectivity index (χ3v) is 6.72. The molecule has 31 heavy (non-hydrogen) atoms. The topological polar surface area (TPSA) is 78.4 Å². The molecule has 0 unspecified atom stereocenters. The van der Waals surface area contributed by atoms with Crippen molar-refractivity contribution in [2.75, 3.05) is 24.9 Å². The Balaban J connectivity index is 0. The van der Waals surface area contributed by atoms with Gasteiger partial charge in [0.1, 0.15) is 0 Å². The molecule has 2 aromatic rings. The van der Waals surface area contributed by atoms with Crippen molar-refractivity contribution in [1.82, 2.24) is 9.97 Å². The van der Waals surface area contributed by atoms with Crippen LogP contribution in [0.3, 0.4) is 0 Å². The van der Waals surface area contributed by atoms with Gasteiger partial charge in [0.15, 0.2) is 0 Å². The fourth-order valence-corrected chi connectivity index (χ4v) is 3.17. The molecule has 2 heterocycles. The van der Waals surface area contributed by atoms with Crippen LogP contribution in [0.5, 0.6) is 0 Å². The van der Waals surface area contributed by atoms with Gasteiger partial charge >= 0.3 is 41.5 Å². The van der Waals surface area contributed by atoms with Gasteiger partial charge in [0.2, 0.25) is 0 Å². The van der Waals surface area contributed by atoms with Crippen molar-refractivity contribution in [3.8, 4) is 0 Å². The Morgan fingerprint density at radius 3 is 1.94 bits per heavy atom. The molecule has 1 aliphatic carbocycles. The van der Waals surface area contributed by atoms with Gasteiger partial charge in [0, 0.05) is 44.4 Å². The second kappa shape index (κ2) is 16.7. The van der Waals surface area contributed by atoms with Crippen LogP contribution in [0.2, 0.25) is 0 Å². The molecule has 1 aliphatic rings. The number of halogens is 4. The summed E-state index contributed by atoms with van der Waals surface area (Å²) in [5.74, 6) is -0.410. The number of carbonyl (C=O) groups excluding carboxylic acids is 2. The predicted molar refractivity (Wildman–Crippen MR) is 131 cm³/mol. The molecule has 0 saturated heterocycles. The van der Waals surface area contributed by atoms with Crippen molar-refractivity contribution in [2.45, 2.75) is 24.7 Å². The summed E-state index contributed by atoms with van der Waals surface area (Å²) in [6, 6.07) is 3.76. The van der Waals surface area contributed by atoms with Crippen molar-refractivity contribution in [2.24, 2.45) is 0 Å². The number of esters is 2. The van der Waals surface area contributed by atoms with Gasteiger partial charge in [-0.05, 0) is 68.0 Å². The number of hydrogen-bond acceptors (Lipinski definition) is 6. The van der Waals surface area contributed by atoms with E-state index >= 15 is 0 Å². The zero-order chi connectivity index (χ0) is 22.6. The van der Waals surface area contributed by atoms with Crippen LogP contribution < -0.4 is 29.6 Å². The number of alkyl halides is 2. The number of pyridine rings is 2. The Bertz CT molecular complexity index is 843. The van der Waals surface area contributed by atoms with Gasteiger partial charge in [-0.3, -0.25) is 19.6 Å². The van der Waals surface area contributed by atoms with Crippen LogP contribution in [0.4, 0.5) is 0 Å². The first-order chi connectivity index (χ1) is 14.3. The molecule has 0 N–H and O–H groups in total. The first-order valence-corrected chi connectivity index (χ1v) is 12.6. The molecule has 1 saturated carbocycles. The molecular formula is C20H23Br4N2NaO4. The average Bonchev–Trinajstić information content (AvgIpc) is 3.56. The van der Waals surface area contributed by atoms with Gasteiger partial charge in [0.05, 0.1) is 26.1 Å². The van der Waals surface area contributed by atoms with Crippen LogP contribution in [-0.2, 0) is 30.9 Å². The van der Waals surface area contributed by atoms with E-state index in [4.69, 9.17) is 4.74 Å². The van der Waals surface area contributed by atoms with Crippen molar-refractivity contribution in [3.63, 3.8) is 0 Å². The molecule has 6 nitrogen and oxygen atoms in total. The largest absolute Gasteiger partial charge is 1.00 e. The molecule has 0 bridgehead atoms. The Kier molecular flexibility index (Phi) is 16.8. The maximum atomic E-state index is 11.5. The van der Waals surface area contributed by atoms with Crippen LogP contribution in [0, 0.1) is 0 Å². The van der Waals surface area contributed by atoms with Crippen molar-refractivity contribution in [3.05, 3.63) is 57.0 Å². The molecule has 166 valence electrons. The number of methoxy groups -OCH3 is 2. The van der Waals surface area contributed by atoms with Crippen LogP contribution in [0.25, 0.3) is 0 Å². The fourth-order valence-electron chi connectivity index (χ4n) is 2.40. The van der Waals surface area contributed by atoms with Gasteiger partial charge < -0.3 is 10.9 Å². The molecule has 0 aromatic carbocycles. The molecule has 0 radical (unpaired) electrons. The summed E-state index contributed by atoms with van der Waals surface area (Å²) in [6.07, 6.45) is 8.73. The third kappa shape index (κ3) is 11.2. The van der Waals surface area contributed by atoms with Gasteiger partial charge in [-0.15, -0.1) is 0 Å². The van der Waals surface area contributed by atoms with Crippen LogP contribution in [0.1, 0.15) is 25.4 Å². The molecule has 0 atom stereocenters. The number of hydrogen-bond donors (Lipinski definition) is 0. The Morgan fingerprint density at radius 1 is 0.968 bits per heavy atom. The molecule has 0 aliphatic heterocycles. The smallest absolute Gasteiger partial charge is 1.00 e. The zero-order valence-electron chi connectivity index (χ0n) is 18.5. The van der Waals surface area contributed by atoms with E-state index in [9.17, 15) is 9.59 Å².